The van der Waals surface area contributed by atoms with Crippen LogP contribution in [-0.4, -0.2) is 29.7 Å². The fraction of sp³-hybridized carbons (Fsp3) is 0.318. The average Bonchev–Trinajstić information content (AvgIpc) is 3.25. The van der Waals surface area contributed by atoms with Gasteiger partial charge in [-0.25, -0.2) is 4.39 Å². The molecular weight excluding hydrogens is 409 g/mol. The summed E-state index contributed by atoms with van der Waals surface area (Å²) in [6, 6.07) is 10.2. The van der Waals surface area contributed by atoms with Crippen LogP contribution in [0.15, 0.2) is 40.9 Å². The molecule has 3 aromatic rings. The van der Waals surface area contributed by atoms with Crippen LogP contribution in [0, 0.1) is 5.82 Å². The molecular formula is C22H21ClFN3O3. The number of carbonyl (C=O) groups excluding carboxylic acids is 1. The number of hydrogen-bond acceptors (Lipinski definition) is 5. The van der Waals surface area contributed by atoms with Crippen molar-refractivity contribution in [3.05, 3.63) is 58.7 Å². The number of anilines is 1. The summed E-state index contributed by atoms with van der Waals surface area (Å²) >= 11 is 6.20. The van der Waals surface area contributed by atoms with E-state index in [4.69, 9.17) is 20.9 Å². The second kappa shape index (κ2) is 8.83. The minimum Gasteiger partial charge on any atom is -0.497 e. The minimum atomic E-state index is -0.413. The molecule has 1 aromatic heterocycles. The van der Waals surface area contributed by atoms with Crippen molar-refractivity contribution in [1.29, 1.82) is 0 Å². The Labute approximate surface area is 178 Å². The number of aryl methyl sites for hydroxylation is 1. The van der Waals surface area contributed by atoms with E-state index in [1.807, 2.05) is 24.3 Å². The van der Waals surface area contributed by atoms with E-state index in [2.05, 4.69) is 10.1 Å². The number of hydrogen-bond donors (Lipinski definition) is 0. The van der Waals surface area contributed by atoms with E-state index in [9.17, 15) is 9.18 Å². The number of amides is 1. The predicted octanol–water partition coefficient (Wildman–Crippen LogP) is 4.84. The molecule has 2 heterocycles. The van der Waals surface area contributed by atoms with Crippen LogP contribution < -0.4 is 9.64 Å². The number of rotatable bonds is 6. The summed E-state index contributed by atoms with van der Waals surface area (Å²) < 4.78 is 24.8. The van der Waals surface area contributed by atoms with Gasteiger partial charge in [0.1, 0.15) is 11.6 Å². The monoisotopic (exact) mass is 429 g/mol. The van der Waals surface area contributed by atoms with Crippen LogP contribution in [0.4, 0.5) is 10.1 Å². The van der Waals surface area contributed by atoms with Crippen LogP contribution in [0.5, 0.6) is 5.75 Å². The number of ether oxygens (including phenoxy) is 1. The van der Waals surface area contributed by atoms with Crippen LogP contribution in [0.3, 0.4) is 0 Å². The number of halogens is 2. The maximum atomic E-state index is 14.4. The molecule has 8 heteroatoms. The first kappa shape index (κ1) is 20.3. The Morgan fingerprint density at radius 1 is 1.27 bits per heavy atom. The fourth-order valence-electron chi connectivity index (χ4n) is 3.63. The summed E-state index contributed by atoms with van der Waals surface area (Å²) in [5.74, 6) is 1.15. The molecule has 2 aromatic carbocycles. The van der Waals surface area contributed by atoms with Crippen LogP contribution in [0.1, 0.15) is 30.7 Å². The van der Waals surface area contributed by atoms with Gasteiger partial charge in [0.2, 0.25) is 17.6 Å². The van der Waals surface area contributed by atoms with Gasteiger partial charge in [-0.1, -0.05) is 16.8 Å². The molecule has 1 amide bonds. The number of benzene rings is 2. The lowest BCUT2D eigenvalue weighted by Gasteiger charge is -2.30. The summed E-state index contributed by atoms with van der Waals surface area (Å²) in [6.07, 6.45) is 2.68. The van der Waals surface area contributed by atoms with Crippen molar-refractivity contribution in [2.75, 3.05) is 18.6 Å². The average molecular weight is 430 g/mol. The SMILES string of the molecule is COc1ccc(-c2noc(CCCC(=O)N3CCCc4c(Cl)ccc(F)c43)n2)cc1. The lowest BCUT2D eigenvalue weighted by Crippen LogP contribution is -2.36. The Kier molecular flexibility index (Phi) is 5.99. The van der Waals surface area contributed by atoms with Crippen molar-refractivity contribution in [1.82, 2.24) is 10.1 Å². The molecule has 30 heavy (non-hydrogen) atoms. The Morgan fingerprint density at radius 3 is 2.83 bits per heavy atom. The Balaban J connectivity index is 1.37. The van der Waals surface area contributed by atoms with Crippen molar-refractivity contribution in [2.45, 2.75) is 32.1 Å². The van der Waals surface area contributed by atoms with Crippen molar-refractivity contribution in [2.24, 2.45) is 0 Å². The lowest BCUT2D eigenvalue weighted by molar-refractivity contribution is -0.118. The number of methoxy groups -OCH3 is 1. The van der Waals surface area contributed by atoms with Gasteiger partial charge in [-0.2, -0.15) is 4.98 Å². The molecule has 156 valence electrons. The van der Waals surface area contributed by atoms with Crippen molar-refractivity contribution < 1.29 is 18.4 Å². The molecule has 0 saturated carbocycles. The summed E-state index contributed by atoms with van der Waals surface area (Å²) in [5.41, 5.74) is 1.84. The minimum absolute atomic E-state index is 0.132. The number of carbonyl (C=O) groups is 1. The first-order valence-electron chi connectivity index (χ1n) is 9.81. The summed E-state index contributed by atoms with van der Waals surface area (Å²) in [5, 5.41) is 4.49. The quantitative estimate of drug-likeness (QED) is 0.560. The van der Waals surface area contributed by atoms with Gasteiger partial charge in [0.25, 0.3) is 0 Å². The second-order valence-electron chi connectivity index (χ2n) is 7.10. The zero-order valence-electron chi connectivity index (χ0n) is 16.5. The predicted molar refractivity (Wildman–Crippen MR) is 111 cm³/mol. The Hall–Kier alpha value is -2.93. The lowest BCUT2D eigenvalue weighted by atomic mass is 10.0. The highest BCUT2D eigenvalue weighted by atomic mass is 35.5. The molecule has 0 fully saturated rings. The van der Waals surface area contributed by atoms with Crippen LogP contribution >= 0.6 is 11.6 Å². The van der Waals surface area contributed by atoms with E-state index >= 15 is 0 Å². The number of fused-ring (bicyclic) bond motifs is 1. The van der Waals surface area contributed by atoms with E-state index in [1.165, 1.54) is 11.0 Å². The largest absolute Gasteiger partial charge is 0.497 e. The van der Waals surface area contributed by atoms with Crippen LogP contribution in [-0.2, 0) is 17.6 Å². The van der Waals surface area contributed by atoms with Crippen molar-refractivity contribution >= 4 is 23.2 Å². The van der Waals surface area contributed by atoms with Gasteiger partial charge >= 0.3 is 0 Å². The third-order valence-electron chi connectivity index (χ3n) is 5.15. The first-order chi connectivity index (χ1) is 14.6. The standard InChI is InChI=1S/C22H21ClFN3O3/c1-29-15-9-7-14(8-10-15)22-25-19(30-26-22)5-2-6-20(28)27-13-3-4-16-17(23)11-12-18(24)21(16)27/h7-12H,2-6,13H2,1H3. The highest BCUT2D eigenvalue weighted by molar-refractivity contribution is 6.32. The first-order valence-corrected chi connectivity index (χ1v) is 10.2. The molecule has 1 aliphatic rings. The highest BCUT2D eigenvalue weighted by Gasteiger charge is 2.27. The van der Waals surface area contributed by atoms with E-state index < -0.39 is 5.82 Å². The molecule has 0 atom stereocenters. The molecule has 0 radical (unpaired) electrons. The topological polar surface area (TPSA) is 68.5 Å². The Morgan fingerprint density at radius 2 is 2.07 bits per heavy atom. The molecule has 6 nitrogen and oxygen atoms in total. The molecule has 0 unspecified atom stereocenters. The molecule has 0 aliphatic carbocycles. The van der Waals surface area contributed by atoms with E-state index in [0.717, 1.165) is 17.7 Å². The van der Waals surface area contributed by atoms with Gasteiger partial charge in [-0.3, -0.25) is 4.79 Å². The third kappa shape index (κ3) is 4.16. The van der Waals surface area contributed by atoms with Gasteiger partial charge in [0.05, 0.1) is 12.8 Å². The molecule has 1 aliphatic heterocycles. The van der Waals surface area contributed by atoms with Crippen LogP contribution in [0.2, 0.25) is 5.02 Å². The van der Waals surface area contributed by atoms with Gasteiger partial charge < -0.3 is 14.2 Å². The van der Waals surface area contributed by atoms with Crippen molar-refractivity contribution in [3.8, 4) is 17.1 Å². The molecule has 0 bridgehead atoms. The summed E-state index contributed by atoms with van der Waals surface area (Å²) in [4.78, 5) is 18.6. The van der Waals surface area contributed by atoms with Crippen LogP contribution in [0.25, 0.3) is 11.4 Å². The molecule has 4 rings (SSSR count). The van der Waals surface area contributed by atoms with E-state index in [1.54, 1.807) is 13.2 Å². The van der Waals surface area contributed by atoms with E-state index in [0.29, 0.717) is 53.8 Å². The molecule has 0 N–H and O–H groups in total. The smallest absolute Gasteiger partial charge is 0.227 e. The fourth-order valence-corrected chi connectivity index (χ4v) is 3.87. The van der Waals surface area contributed by atoms with Gasteiger partial charge in [0, 0.05) is 30.0 Å². The van der Waals surface area contributed by atoms with Gasteiger partial charge in [0.15, 0.2) is 0 Å². The highest BCUT2D eigenvalue weighted by Crippen LogP contribution is 2.35. The summed E-state index contributed by atoms with van der Waals surface area (Å²) in [6.45, 7) is 0.491. The molecule has 0 saturated heterocycles. The Bertz CT molecular complexity index is 1050. The zero-order chi connectivity index (χ0) is 21.1. The molecule has 0 spiro atoms. The van der Waals surface area contributed by atoms with Crippen molar-refractivity contribution in [3.63, 3.8) is 0 Å². The second-order valence-corrected chi connectivity index (χ2v) is 7.51. The van der Waals surface area contributed by atoms with Gasteiger partial charge in [-0.15, -0.1) is 0 Å². The maximum absolute atomic E-state index is 14.4. The van der Waals surface area contributed by atoms with E-state index in [-0.39, 0.29) is 12.3 Å². The normalized spacial score (nSPS) is 13.2. The third-order valence-corrected chi connectivity index (χ3v) is 5.51. The number of aromatic nitrogens is 2. The van der Waals surface area contributed by atoms with Gasteiger partial charge in [-0.05, 0) is 61.2 Å². The maximum Gasteiger partial charge on any atom is 0.227 e. The number of nitrogens with zero attached hydrogens (tertiary/aromatic N) is 3. The zero-order valence-corrected chi connectivity index (χ0v) is 17.3. The summed E-state index contributed by atoms with van der Waals surface area (Å²) in [7, 11) is 1.61.